The summed E-state index contributed by atoms with van der Waals surface area (Å²) < 4.78 is 11.5. The van der Waals surface area contributed by atoms with Crippen LogP contribution in [0.5, 0.6) is 11.5 Å². The molecule has 2 aromatic carbocycles. The van der Waals surface area contributed by atoms with Gasteiger partial charge >= 0.3 is 0 Å². The number of benzene rings is 2. The molecule has 0 spiro atoms. The normalized spacial score (nSPS) is 16.2. The Bertz CT molecular complexity index is 864. The van der Waals surface area contributed by atoms with Crippen LogP contribution in [0.25, 0.3) is 6.08 Å². The van der Waals surface area contributed by atoms with Gasteiger partial charge in [-0.2, -0.15) is 0 Å². The Hall–Kier alpha value is -2.30. The lowest BCUT2D eigenvalue weighted by atomic mass is 9.99. The Kier molecular flexibility index (Phi) is 7.73. The summed E-state index contributed by atoms with van der Waals surface area (Å²) in [6, 6.07) is 14.1. The first kappa shape index (κ1) is 21.4. The maximum absolute atomic E-state index is 12.5. The lowest BCUT2D eigenvalue weighted by Crippen LogP contribution is -2.35. The molecule has 0 radical (unpaired) electrons. The number of ether oxygens (including phenoxy) is 2. The topological polar surface area (TPSA) is 38.8 Å². The van der Waals surface area contributed by atoms with Crippen LogP contribution in [-0.2, 0) is 11.3 Å². The van der Waals surface area contributed by atoms with Crippen LogP contribution in [0.4, 0.5) is 0 Å². The smallest absolute Gasteiger partial charge is 0.179 e. The lowest BCUT2D eigenvalue weighted by Gasteiger charge is -2.28. The van der Waals surface area contributed by atoms with Crippen molar-refractivity contribution in [1.29, 1.82) is 0 Å². The predicted octanol–water partition coefficient (Wildman–Crippen LogP) is 5.39. The monoisotopic (exact) mass is 413 g/mol. The van der Waals surface area contributed by atoms with Crippen LogP contribution >= 0.6 is 11.6 Å². The standard InChI is InChI=1S/C24H28ClNO3/c1-3-12-29-24-21(25)14-19(15-23(24)28-4-2)13-20-17-26(11-10-22(20)27)16-18-8-6-5-7-9-18/h5-9,13-15H,3-4,10-12,16-17H2,1-2H3/b20-13+. The van der Waals surface area contributed by atoms with Crippen LogP contribution in [-0.4, -0.2) is 37.0 Å². The molecule has 1 saturated heterocycles. The van der Waals surface area contributed by atoms with Crippen molar-refractivity contribution < 1.29 is 14.3 Å². The third-order valence-corrected chi connectivity index (χ3v) is 5.06. The SMILES string of the molecule is CCCOc1c(Cl)cc(/C=C2\CN(Cc3ccccc3)CCC2=O)cc1OCC. The summed E-state index contributed by atoms with van der Waals surface area (Å²) in [5.74, 6) is 1.37. The maximum Gasteiger partial charge on any atom is 0.179 e. The molecule has 3 rings (SSSR count). The van der Waals surface area contributed by atoms with Gasteiger partial charge in [-0.05, 0) is 42.7 Å². The van der Waals surface area contributed by atoms with E-state index in [-0.39, 0.29) is 5.78 Å². The average Bonchev–Trinajstić information content (AvgIpc) is 2.71. The van der Waals surface area contributed by atoms with E-state index in [2.05, 4.69) is 17.0 Å². The van der Waals surface area contributed by atoms with E-state index in [1.54, 1.807) is 0 Å². The highest BCUT2D eigenvalue weighted by Gasteiger charge is 2.22. The van der Waals surface area contributed by atoms with E-state index in [4.69, 9.17) is 21.1 Å². The minimum absolute atomic E-state index is 0.190. The Balaban J connectivity index is 1.82. The van der Waals surface area contributed by atoms with E-state index >= 15 is 0 Å². The second kappa shape index (κ2) is 10.5. The molecule has 1 heterocycles. The molecule has 154 valence electrons. The Morgan fingerprint density at radius 3 is 2.66 bits per heavy atom. The van der Waals surface area contributed by atoms with Crippen molar-refractivity contribution in [3.63, 3.8) is 0 Å². The molecule has 0 bridgehead atoms. The van der Waals surface area contributed by atoms with Gasteiger partial charge in [0.05, 0.1) is 18.2 Å². The van der Waals surface area contributed by atoms with E-state index < -0.39 is 0 Å². The van der Waals surface area contributed by atoms with Gasteiger partial charge in [-0.25, -0.2) is 0 Å². The van der Waals surface area contributed by atoms with E-state index in [1.807, 2.05) is 50.3 Å². The first-order chi connectivity index (χ1) is 14.1. The van der Waals surface area contributed by atoms with Gasteiger partial charge in [0.2, 0.25) is 0 Å². The molecule has 29 heavy (non-hydrogen) atoms. The summed E-state index contributed by atoms with van der Waals surface area (Å²) in [4.78, 5) is 14.8. The van der Waals surface area contributed by atoms with E-state index in [0.29, 0.717) is 42.7 Å². The summed E-state index contributed by atoms with van der Waals surface area (Å²) in [7, 11) is 0. The fourth-order valence-electron chi connectivity index (χ4n) is 3.41. The molecule has 0 N–H and O–H groups in total. The zero-order valence-corrected chi connectivity index (χ0v) is 17.9. The van der Waals surface area contributed by atoms with Crippen LogP contribution in [0.1, 0.15) is 37.8 Å². The molecule has 5 heteroatoms. The molecular formula is C24H28ClNO3. The van der Waals surface area contributed by atoms with Gasteiger partial charge in [-0.15, -0.1) is 0 Å². The molecule has 0 atom stereocenters. The number of carbonyl (C=O) groups is 1. The molecule has 0 saturated carbocycles. The largest absolute Gasteiger partial charge is 0.490 e. The molecule has 4 nitrogen and oxygen atoms in total. The fourth-order valence-corrected chi connectivity index (χ4v) is 3.68. The molecule has 0 aromatic heterocycles. The summed E-state index contributed by atoms with van der Waals surface area (Å²) in [5.41, 5.74) is 2.90. The number of halogens is 1. The van der Waals surface area contributed by atoms with Crippen LogP contribution < -0.4 is 9.47 Å². The van der Waals surface area contributed by atoms with Crippen molar-refractivity contribution in [2.24, 2.45) is 0 Å². The van der Waals surface area contributed by atoms with E-state index in [0.717, 1.165) is 30.6 Å². The third kappa shape index (κ3) is 5.84. The van der Waals surface area contributed by atoms with Crippen molar-refractivity contribution >= 4 is 23.5 Å². The van der Waals surface area contributed by atoms with Crippen molar-refractivity contribution in [2.45, 2.75) is 33.2 Å². The predicted molar refractivity (Wildman–Crippen MR) is 118 cm³/mol. The van der Waals surface area contributed by atoms with Crippen LogP contribution in [0.15, 0.2) is 48.0 Å². The minimum atomic E-state index is 0.190. The van der Waals surface area contributed by atoms with Crippen LogP contribution in [0, 0.1) is 0 Å². The lowest BCUT2D eigenvalue weighted by molar-refractivity contribution is -0.117. The van der Waals surface area contributed by atoms with E-state index in [1.165, 1.54) is 5.56 Å². The number of hydrogen-bond acceptors (Lipinski definition) is 4. The number of ketones is 1. The number of nitrogens with zero attached hydrogens (tertiary/aromatic N) is 1. The number of hydrogen-bond donors (Lipinski definition) is 0. The number of piperidine rings is 1. The van der Waals surface area contributed by atoms with Crippen molar-refractivity contribution in [3.8, 4) is 11.5 Å². The van der Waals surface area contributed by atoms with Crippen molar-refractivity contribution in [1.82, 2.24) is 4.90 Å². The number of Topliss-reactive ketones (excluding diaryl/α,β-unsaturated/α-hetero) is 1. The second-order valence-corrected chi connectivity index (χ2v) is 7.56. The van der Waals surface area contributed by atoms with Gasteiger partial charge in [0.25, 0.3) is 0 Å². The van der Waals surface area contributed by atoms with E-state index in [9.17, 15) is 4.79 Å². The molecule has 1 fully saturated rings. The summed E-state index contributed by atoms with van der Waals surface area (Å²) in [6.07, 6.45) is 3.35. The molecule has 0 amide bonds. The summed E-state index contributed by atoms with van der Waals surface area (Å²) in [6.45, 7) is 7.30. The van der Waals surface area contributed by atoms with Crippen molar-refractivity contribution in [3.05, 3.63) is 64.2 Å². The first-order valence-electron chi connectivity index (χ1n) is 10.2. The zero-order chi connectivity index (χ0) is 20.6. The molecule has 0 aliphatic carbocycles. The van der Waals surface area contributed by atoms with Gasteiger partial charge in [0.1, 0.15) is 0 Å². The Morgan fingerprint density at radius 1 is 1.14 bits per heavy atom. The summed E-state index contributed by atoms with van der Waals surface area (Å²) >= 11 is 6.47. The zero-order valence-electron chi connectivity index (χ0n) is 17.1. The van der Waals surface area contributed by atoms with Gasteiger partial charge in [0, 0.05) is 31.6 Å². The maximum atomic E-state index is 12.5. The molecule has 0 unspecified atom stereocenters. The Labute approximate surface area is 178 Å². The molecule has 1 aliphatic heterocycles. The third-order valence-electron chi connectivity index (χ3n) is 4.78. The van der Waals surface area contributed by atoms with Gasteiger partial charge < -0.3 is 9.47 Å². The van der Waals surface area contributed by atoms with Gasteiger partial charge in [-0.3, -0.25) is 9.69 Å². The molecule has 2 aromatic rings. The minimum Gasteiger partial charge on any atom is -0.490 e. The highest BCUT2D eigenvalue weighted by Crippen LogP contribution is 2.37. The first-order valence-corrected chi connectivity index (χ1v) is 10.6. The quantitative estimate of drug-likeness (QED) is 0.544. The number of likely N-dealkylation sites (tertiary alicyclic amines) is 1. The summed E-state index contributed by atoms with van der Waals surface area (Å²) in [5, 5.41) is 0.501. The fraction of sp³-hybridized carbons (Fsp3) is 0.375. The number of rotatable bonds is 8. The van der Waals surface area contributed by atoms with Gasteiger partial charge in [0.15, 0.2) is 17.3 Å². The average molecular weight is 414 g/mol. The number of carbonyl (C=O) groups excluding carboxylic acids is 1. The van der Waals surface area contributed by atoms with Gasteiger partial charge in [-0.1, -0.05) is 48.9 Å². The van der Waals surface area contributed by atoms with Crippen molar-refractivity contribution in [2.75, 3.05) is 26.3 Å². The van der Waals surface area contributed by atoms with Crippen LogP contribution in [0.3, 0.4) is 0 Å². The highest BCUT2D eigenvalue weighted by molar-refractivity contribution is 6.32. The second-order valence-electron chi connectivity index (χ2n) is 7.15. The highest BCUT2D eigenvalue weighted by atomic mass is 35.5. The molecule has 1 aliphatic rings. The Morgan fingerprint density at radius 2 is 1.93 bits per heavy atom. The van der Waals surface area contributed by atoms with Crippen LogP contribution in [0.2, 0.25) is 5.02 Å². The molecular weight excluding hydrogens is 386 g/mol.